The van der Waals surface area contributed by atoms with Crippen LogP contribution in [0.25, 0.3) is 5.65 Å². The van der Waals surface area contributed by atoms with Gasteiger partial charge in [-0.25, -0.2) is 9.50 Å². The molecule has 0 saturated heterocycles. The fourth-order valence-electron chi connectivity index (χ4n) is 2.10. The third kappa shape index (κ3) is 2.80. The molecule has 3 heterocycles. The third-order valence-electron chi connectivity index (χ3n) is 3.01. The van der Waals surface area contributed by atoms with Crippen molar-refractivity contribution in [3.05, 3.63) is 53.0 Å². The number of pyridine rings is 1. The second-order valence-corrected chi connectivity index (χ2v) is 5.53. The molecular weight excluding hydrogens is 318 g/mol. The van der Waals surface area contributed by atoms with Gasteiger partial charge in [-0.3, -0.25) is 4.98 Å². The number of fused-ring (bicyclic) bond motifs is 1. The van der Waals surface area contributed by atoms with Crippen LogP contribution in [0.3, 0.4) is 0 Å². The summed E-state index contributed by atoms with van der Waals surface area (Å²) in [5.74, 6) is 0.847. The maximum Gasteiger partial charge on any atom is 0.171 e. The van der Waals surface area contributed by atoms with Crippen LogP contribution in [0.2, 0.25) is 0 Å². The van der Waals surface area contributed by atoms with Crippen molar-refractivity contribution in [3.63, 3.8) is 0 Å². The number of aromatic nitrogens is 4. The summed E-state index contributed by atoms with van der Waals surface area (Å²) in [5, 5.41) is 7.58. The first-order valence-electron chi connectivity index (χ1n) is 6.38. The minimum Gasteiger partial charge on any atom is -0.367 e. The number of hydrogen-bond acceptors (Lipinski definition) is 4. The molecule has 0 fully saturated rings. The molecule has 0 aliphatic carbocycles. The summed E-state index contributed by atoms with van der Waals surface area (Å²) < 4.78 is 2.63. The van der Waals surface area contributed by atoms with E-state index in [2.05, 4.69) is 43.2 Å². The van der Waals surface area contributed by atoms with E-state index in [4.69, 9.17) is 0 Å². The lowest BCUT2D eigenvalue weighted by Crippen LogP contribution is -2.19. The van der Waals surface area contributed by atoms with Crippen LogP contribution in [0.4, 0.5) is 5.82 Å². The number of halogens is 1. The molecule has 0 amide bonds. The van der Waals surface area contributed by atoms with Crippen LogP contribution in [0.5, 0.6) is 0 Å². The van der Waals surface area contributed by atoms with Crippen LogP contribution < -0.4 is 5.32 Å². The lowest BCUT2D eigenvalue weighted by molar-refractivity contribution is 0.782. The molecule has 1 N–H and O–H groups in total. The Hall–Kier alpha value is -1.95. The van der Waals surface area contributed by atoms with E-state index in [9.17, 15) is 0 Å². The molecule has 0 spiro atoms. The predicted octanol–water partition coefficient (Wildman–Crippen LogP) is 2.93. The lowest BCUT2D eigenvalue weighted by Gasteiger charge is -2.14. The monoisotopic (exact) mass is 331 g/mol. The first-order chi connectivity index (χ1) is 9.72. The number of hydrogen-bond donors (Lipinski definition) is 1. The van der Waals surface area contributed by atoms with Gasteiger partial charge < -0.3 is 5.32 Å². The van der Waals surface area contributed by atoms with Gasteiger partial charge in [-0.1, -0.05) is 0 Å². The van der Waals surface area contributed by atoms with Gasteiger partial charge in [0.25, 0.3) is 0 Å². The minimum absolute atomic E-state index is 0.286. The van der Waals surface area contributed by atoms with Crippen molar-refractivity contribution >= 4 is 27.4 Å². The summed E-state index contributed by atoms with van der Waals surface area (Å²) in [4.78, 5) is 8.57. The molecule has 0 bridgehead atoms. The highest BCUT2D eigenvalue weighted by molar-refractivity contribution is 9.10. The molecule has 3 aromatic heterocycles. The van der Waals surface area contributed by atoms with Gasteiger partial charge in [0, 0.05) is 24.6 Å². The first-order valence-corrected chi connectivity index (χ1v) is 7.17. The lowest BCUT2D eigenvalue weighted by atomic mass is 10.1. The zero-order valence-electron chi connectivity index (χ0n) is 11.0. The second kappa shape index (κ2) is 5.58. The molecule has 3 rings (SSSR count). The smallest absolute Gasteiger partial charge is 0.171 e. The maximum absolute atomic E-state index is 4.55. The summed E-state index contributed by atoms with van der Waals surface area (Å²) in [6.45, 7) is 2.14. The normalized spacial score (nSPS) is 12.5. The van der Waals surface area contributed by atoms with E-state index in [1.165, 1.54) is 5.56 Å². The first kappa shape index (κ1) is 13.1. The topological polar surface area (TPSA) is 55.1 Å². The molecule has 3 aromatic rings. The molecule has 1 unspecified atom stereocenters. The Kier molecular flexibility index (Phi) is 3.64. The maximum atomic E-state index is 4.55. The molecule has 102 valence electrons. The summed E-state index contributed by atoms with van der Waals surface area (Å²) in [6.07, 6.45) is 8.20. The van der Waals surface area contributed by atoms with Crippen LogP contribution in [0, 0.1) is 0 Å². The number of nitrogens with zero attached hydrogens (tertiary/aromatic N) is 4. The minimum atomic E-state index is 0.286. The van der Waals surface area contributed by atoms with Gasteiger partial charge >= 0.3 is 0 Å². The molecule has 6 heteroatoms. The Morgan fingerprint density at radius 2 is 2.10 bits per heavy atom. The average molecular weight is 332 g/mol. The van der Waals surface area contributed by atoms with Crippen LogP contribution in [0.1, 0.15) is 12.5 Å². The fourth-order valence-corrected chi connectivity index (χ4v) is 2.46. The molecule has 0 aliphatic heterocycles. The molecule has 0 aromatic carbocycles. The summed E-state index contributed by atoms with van der Waals surface area (Å²) in [5.41, 5.74) is 2.07. The third-order valence-corrected chi connectivity index (χ3v) is 3.57. The summed E-state index contributed by atoms with van der Waals surface area (Å²) >= 11 is 3.44. The van der Waals surface area contributed by atoms with E-state index in [1.807, 2.05) is 36.8 Å². The quantitative estimate of drug-likeness (QED) is 0.798. The highest BCUT2D eigenvalue weighted by Crippen LogP contribution is 2.17. The molecule has 20 heavy (non-hydrogen) atoms. The van der Waals surface area contributed by atoms with Gasteiger partial charge in [-0.05, 0) is 53.0 Å². The summed E-state index contributed by atoms with van der Waals surface area (Å²) in [7, 11) is 0. The number of rotatable bonds is 4. The van der Waals surface area contributed by atoms with E-state index in [1.54, 1.807) is 10.7 Å². The van der Waals surface area contributed by atoms with Crippen molar-refractivity contribution in [2.45, 2.75) is 19.4 Å². The van der Waals surface area contributed by atoms with Crippen molar-refractivity contribution in [3.8, 4) is 0 Å². The highest BCUT2D eigenvalue weighted by Gasteiger charge is 2.07. The zero-order chi connectivity index (χ0) is 13.9. The number of nitrogens with one attached hydrogen (secondary N) is 1. The van der Waals surface area contributed by atoms with Gasteiger partial charge in [-0.15, -0.1) is 0 Å². The van der Waals surface area contributed by atoms with Gasteiger partial charge in [-0.2, -0.15) is 5.10 Å². The van der Waals surface area contributed by atoms with Crippen molar-refractivity contribution in [2.24, 2.45) is 0 Å². The Labute approximate surface area is 125 Å². The van der Waals surface area contributed by atoms with Crippen molar-refractivity contribution in [1.29, 1.82) is 0 Å². The predicted molar refractivity (Wildman–Crippen MR) is 81.7 cm³/mol. The van der Waals surface area contributed by atoms with Gasteiger partial charge in [0.05, 0.1) is 10.7 Å². The van der Waals surface area contributed by atoms with E-state index in [0.717, 1.165) is 22.4 Å². The van der Waals surface area contributed by atoms with Crippen molar-refractivity contribution < 1.29 is 0 Å². The Morgan fingerprint density at radius 1 is 1.30 bits per heavy atom. The average Bonchev–Trinajstić information content (AvgIpc) is 2.81. The molecule has 0 aliphatic rings. The Balaban J connectivity index is 1.73. The zero-order valence-corrected chi connectivity index (χ0v) is 12.6. The molecule has 5 nitrogen and oxygen atoms in total. The van der Waals surface area contributed by atoms with E-state index in [0.29, 0.717) is 0 Å². The molecular formula is C14H14BrN5. The van der Waals surface area contributed by atoms with Crippen LogP contribution in [-0.4, -0.2) is 25.6 Å². The van der Waals surface area contributed by atoms with Crippen LogP contribution in [0.15, 0.2) is 47.5 Å². The van der Waals surface area contributed by atoms with Crippen molar-refractivity contribution in [1.82, 2.24) is 19.6 Å². The van der Waals surface area contributed by atoms with Crippen LogP contribution >= 0.6 is 15.9 Å². The standard InChI is InChI=1S/C14H14BrN5/c1-10(8-11-2-5-16-6-3-11)18-13-4-7-20-14(19-13)12(15)9-17-20/h2-7,9-10H,8H2,1H3,(H,18,19). The largest absolute Gasteiger partial charge is 0.367 e. The molecule has 0 radical (unpaired) electrons. The highest BCUT2D eigenvalue weighted by atomic mass is 79.9. The van der Waals surface area contributed by atoms with Gasteiger partial charge in [0.1, 0.15) is 5.82 Å². The van der Waals surface area contributed by atoms with Crippen molar-refractivity contribution in [2.75, 3.05) is 5.32 Å². The Morgan fingerprint density at radius 3 is 2.90 bits per heavy atom. The molecule has 0 saturated carbocycles. The van der Waals surface area contributed by atoms with E-state index < -0.39 is 0 Å². The number of anilines is 1. The molecule has 1 atom stereocenters. The Bertz CT molecular complexity index is 710. The van der Waals surface area contributed by atoms with Gasteiger partial charge in [0.2, 0.25) is 0 Å². The van der Waals surface area contributed by atoms with E-state index in [-0.39, 0.29) is 6.04 Å². The summed E-state index contributed by atoms with van der Waals surface area (Å²) in [6, 6.07) is 6.27. The fraction of sp³-hybridized carbons (Fsp3) is 0.214. The van der Waals surface area contributed by atoms with Gasteiger partial charge in [0.15, 0.2) is 5.65 Å². The second-order valence-electron chi connectivity index (χ2n) is 4.68. The SMILES string of the molecule is CC(Cc1ccncc1)Nc1ccn2ncc(Br)c2n1. The van der Waals surface area contributed by atoms with Crippen LogP contribution in [-0.2, 0) is 6.42 Å². The van der Waals surface area contributed by atoms with E-state index >= 15 is 0 Å².